The smallest absolute Gasteiger partial charge is 0.159 e. The van der Waals surface area contributed by atoms with Crippen LogP contribution in [0.1, 0.15) is 26.7 Å². The van der Waals surface area contributed by atoms with Gasteiger partial charge in [0.05, 0.1) is 0 Å². The summed E-state index contributed by atoms with van der Waals surface area (Å²) in [7, 11) is 0. The molecule has 0 aliphatic heterocycles. The van der Waals surface area contributed by atoms with Crippen LogP contribution in [-0.2, 0) is 4.79 Å². The molecular formula is C10H14O. The van der Waals surface area contributed by atoms with E-state index in [1.165, 1.54) is 18.4 Å². The average Bonchev–Trinajstić information content (AvgIpc) is 2.41. The summed E-state index contributed by atoms with van der Waals surface area (Å²) in [6, 6.07) is 0. The zero-order valence-corrected chi connectivity index (χ0v) is 7.13. The lowest BCUT2D eigenvalue weighted by Crippen LogP contribution is -2.16. The van der Waals surface area contributed by atoms with Gasteiger partial charge >= 0.3 is 0 Å². The van der Waals surface area contributed by atoms with E-state index in [9.17, 15) is 4.79 Å². The fourth-order valence-corrected chi connectivity index (χ4v) is 2.62. The number of allylic oxidation sites excluding steroid dienone is 2. The predicted octanol–water partition coefficient (Wildman–Crippen LogP) is 2.18. The SMILES string of the molecule is CC1=CC(=O)[C@H]2[C@H](C)CC[C@@H]12. The lowest BCUT2D eigenvalue weighted by atomic mass is 9.90. The molecule has 2 aliphatic rings. The molecule has 2 aliphatic carbocycles. The van der Waals surface area contributed by atoms with Crippen molar-refractivity contribution in [1.82, 2.24) is 0 Å². The quantitative estimate of drug-likeness (QED) is 0.517. The van der Waals surface area contributed by atoms with Gasteiger partial charge in [0.15, 0.2) is 5.78 Å². The molecule has 1 saturated carbocycles. The van der Waals surface area contributed by atoms with Crippen molar-refractivity contribution < 1.29 is 4.79 Å². The van der Waals surface area contributed by atoms with E-state index in [2.05, 4.69) is 13.8 Å². The van der Waals surface area contributed by atoms with Crippen LogP contribution in [0.25, 0.3) is 0 Å². The van der Waals surface area contributed by atoms with Gasteiger partial charge in [-0.15, -0.1) is 0 Å². The molecule has 1 heteroatoms. The molecule has 1 nitrogen and oxygen atoms in total. The fourth-order valence-electron chi connectivity index (χ4n) is 2.62. The Balaban J connectivity index is 2.29. The second-order valence-electron chi connectivity index (χ2n) is 3.98. The Kier molecular flexibility index (Phi) is 1.41. The lowest BCUT2D eigenvalue weighted by molar-refractivity contribution is -0.118. The number of carbonyl (C=O) groups is 1. The van der Waals surface area contributed by atoms with E-state index in [1.807, 2.05) is 6.08 Å². The fraction of sp³-hybridized carbons (Fsp3) is 0.700. The van der Waals surface area contributed by atoms with Crippen LogP contribution >= 0.6 is 0 Å². The van der Waals surface area contributed by atoms with E-state index in [0.717, 1.165) is 0 Å². The zero-order valence-electron chi connectivity index (χ0n) is 7.13. The summed E-state index contributed by atoms with van der Waals surface area (Å²) in [5.74, 6) is 1.98. The molecule has 0 unspecified atom stereocenters. The number of hydrogen-bond donors (Lipinski definition) is 0. The number of hydrogen-bond acceptors (Lipinski definition) is 1. The topological polar surface area (TPSA) is 17.1 Å². The Morgan fingerprint density at radius 1 is 1.45 bits per heavy atom. The molecule has 0 saturated heterocycles. The van der Waals surface area contributed by atoms with Crippen LogP contribution in [0.3, 0.4) is 0 Å². The third kappa shape index (κ3) is 0.867. The molecule has 3 atom stereocenters. The monoisotopic (exact) mass is 150 g/mol. The molecular weight excluding hydrogens is 136 g/mol. The van der Waals surface area contributed by atoms with Crippen molar-refractivity contribution in [1.29, 1.82) is 0 Å². The van der Waals surface area contributed by atoms with E-state index in [0.29, 0.717) is 23.5 Å². The highest BCUT2D eigenvalue weighted by Gasteiger charge is 2.41. The molecule has 1 fully saturated rings. The Hall–Kier alpha value is -0.590. The highest BCUT2D eigenvalue weighted by Crippen LogP contribution is 2.45. The summed E-state index contributed by atoms with van der Waals surface area (Å²) in [6.07, 6.45) is 4.33. The molecule has 60 valence electrons. The molecule has 0 bridgehead atoms. The number of fused-ring (bicyclic) bond motifs is 1. The Labute approximate surface area is 67.5 Å². The highest BCUT2D eigenvalue weighted by atomic mass is 16.1. The first-order chi connectivity index (χ1) is 5.20. The van der Waals surface area contributed by atoms with Crippen molar-refractivity contribution in [3.63, 3.8) is 0 Å². The second-order valence-corrected chi connectivity index (χ2v) is 3.98. The van der Waals surface area contributed by atoms with Crippen LogP contribution in [0.5, 0.6) is 0 Å². The average molecular weight is 150 g/mol. The second kappa shape index (κ2) is 2.20. The van der Waals surface area contributed by atoms with Crippen molar-refractivity contribution >= 4 is 5.78 Å². The van der Waals surface area contributed by atoms with Gasteiger partial charge in [-0.2, -0.15) is 0 Å². The van der Waals surface area contributed by atoms with Gasteiger partial charge in [-0.1, -0.05) is 12.5 Å². The first kappa shape index (κ1) is 7.08. The minimum Gasteiger partial charge on any atom is -0.295 e. The van der Waals surface area contributed by atoms with Crippen molar-refractivity contribution in [2.75, 3.05) is 0 Å². The Morgan fingerprint density at radius 2 is 2.18 bits per heavy atom. The molecule has 0 amide bonds. The standard InChI is InChI=1S/C10H14O/c1-6-3-4-8-7(2)5-9(11)10(6)8/h5-6,8,10H,3-4H2,1-2H3/t6-,8+,10+/m1/s1. The molecule has 0 aromatic carbocycles. The summed E-state index contributed by atoms with van der Waals surface area (Å²) in [6.45, 7) is 4.30. The van der Waals surface area contributed by atoms with Crippen molar-refractivity contribution in [3.8, 4) is 0 Å². The van der Waals surface area contributed by atoms with Crippen LogP contribution in [0, 0.1) is 17.8 Å². The maximum atomic E-state index is 11.4. The summed E-state index contributed by atoms with van der Waals surface area (Å²) in [5.41, 5.74) is 1.32. The van der Waals surface area contributed by atoms with Gasteiger partial charge < -0.3 is 0 Å². The molecule has 0 heterocycles. The third-order valence-electron chi connectivity index (χ3n) is 3.26. The summed E-state index contributed by atoms with van der Waals surface area (Å²) in [5, 5.41) is 0. The summed E-state index contributed by atoms with van der Waals surface area (Å²) < 4.78 is 0. The molecule has 0 spiro atoms. The molecule has 0 radical (unpaired) electrons. The summed E-state index contributed by atoms with van der Waals surface area (Å²) >= 11 is 0. The molecule has 11 heavy (non-hydrogen) atoms. The normalized spacial score (nSPS) is 42.5. The van der Waals surface area contributed by atoms with E-state index in [4.69, 9.17) is 0 Å². The van der Waals surface area contributed by atoms with Crippen molar-refractivity contribution in [2.45, 2.75) is 26.7 Å². The highest BCUT2D eigenvalue weighted by molar-refractivity contribution is 5.96. The number of carbonyl (C=O) groups excluding carboxylic acids is 1. The number of rotatable bonds is 0. The van der Waals surface area contributed by atoms with Gasteiger partial charge in [0, 0.05) is 5.92 Å². The van der Waals surface area contributed by atoms with Gasteiger partial charge in [-0.25, -0.2) is 0 Å². The first-order valence-corrected chi connectivity index (χ1v) is 4.42. The minimum absolute atomic E-state index is 0.356. The predicted molar refractivity (Wildman–Crippen MR) is 44.1 cm³/mol. The molecule has 2 rings (SSSR count). The van der Waals surface area contributed by atoms with Crippen LogP contribution in [-0.4, -0.2) is 5.78 Å². The Bertz CT molecular complexity index is 227. The lowest BCUT2D eigenvalue weighted by Gasteiger charge is -2.12. The van der Waals surface area contributed by atoms with E-state index in [-0.39, 0.29) is 0 Å². The van der Waals surface area contributed by atoms with E-state index < -0.39 is 0 Å². The van der Waals surface area contributed by atoms with Gasteiger partial charge in [-0.05, 0) is 37.7 Å². The zero-order chi connectivity index (χ0) is 8.01. The molecule has 0 aromatic rings. The van der Waals surface area contributed by atoms with Crippen LogP contribution in [0.4, 0.5) is 0 Å². The maximum absolute atomic E-state index is 11.4. The first-order valence-electron chi connectivity index (χ1n) is 4.42. The Morgan fingerprint density at radius 3 is 2.82 bits per heavy atom. The van der Waals surface area contributed by atoms with Gasteiger partial charge in [0.2, 0.25) is 0 Å². The largest absolute Gasteiger partial charge is 0.295 e. The van der Waals surface area contributed by atoms with Crippen LogP contribution in [0.2, 0.25) is 0 Å². The minimum atomic E-state index is 0.356. The maximum Gasteiger partial charge on any atom is 0.159 e. The van der Waals surface area contributed by atoms with E-state index >= 15 is 0 Å². The van der Waals surface area contributed by atoms with Crippen molar-refractivity contribution in [2.24, 2.45) is 17.8 Å². The number of ketones is 1. The van der Waals surface area contributed by atoms with E-state index in [1.54, 1.807) is 0 Å². The molecule has 0 N–H and O–H groups in total. The van der Waals surface area contributed by atoms with Gasteiger partial charge in [0.25, 0.3) is 0 Å². The summed E-state index contributed by atoms with van der Waals surface area (Å²) in [4.78, 5) is 11.4. The molecule has 0 aromatic heterocycles. The van der Waals surface area contributed by atoms with Crippen LogP contribution < -0.4 is 0 Å². The van der Waals surface area contributed by atoms with Gasteiger partial charge in [0.1, 0.15) is 0 Å². The van der Waals surface area contributed by atoms with Crippen molar-refractivity contribution in [3.05, 3.63) is 11.6 Å². The van der Waals surface area contributed by atoms with Gasteiger partial charge in [-0.3, -0.25) is 4.79 Å². The third-order valence-corrected chi connectivity index (χ3v) is 3.26. The van der Waals surface area contributed by atoms with Crippen LogP contribution in [0.15, 0.2) is 11.6 Å².